The fourth-order valence-corrected chi connectivity index (χ4v) is 2.67. The van der Waals surface area contributed by atoms with Gasteiger partial charge in [0.15, 0.2) is 0 Å². The third kappa shape index (κ3) is 1.50. The predicted octanol–water partition coefficient (Wildman–Crippen LogP) is 3.39. The summed E-state index contributed by atoms with van der Waals surface area (Å²) < 4.78 is 0. The van der Waals surface area contributed by atoms with Gasteiger partial charge in [0.25, 0.3) is 0 Å². The van der Waals surface area contributed by atoms with Crippen molar-refractivity contribution in [3.05, 3.63) is 12.2 Å². The molecule has 0 bridgehead atoms. The first-order chi connectivity index (χ1) is 5.36. The Labute approximate surface area is 69.7 Å². The lowest BCUT2D eigenvalue weighted by Gasteiger charge is -2.34. The first-order valence-corrected chi connectivity index (χ1v) is 5.04. The predicted molar refractivity (Wildman–Crippen MR) is 48.4 cm³/mol. The molecule has 2 aliphatic carbocycles. The van der Waals surface area contributed by atoms with Gasteiger partial charge in [-0.05, 0) is 37.0 Å². The van der Waals surface area contributed by atoms with Crippen LogP contribution in [0.2, 0.25) is 0 Å². The molecule has 0 radical (unpaired) electrons. The van der Waals surface area contributed by atoms with E-state index >= 15 is 0 Å². The van der Waals surface area contributed by atoms with E-state index in [1.807, 2.05) is 0 Å². The van der Waals surface area contributed by atoms with E-state index in [2.05, 4.69) is 19.1 Å². The second-order valence-corrected chi connectivity index (χ2v) is 4.31. The minimum absolute atomic E-state index is 0.856. The van der Waals surface area contributed by atoms with Gasteiger partial charge in [-0.15, -0.1) is 0 Å². The molecule has 0 aliphatic heterocycles. The summed E-state index contributed by atoms with van der Waals surface area (Å²) >= 11 is 0. The van der Waals surface area contributed by atoms with Crippen LogP contribution in [0.1, 0.15) is 39.0 Å². The number of fused-ring (bicyclic) bond motifs is 1. The maximum absolute atomic E-state index is 2.48. The standard InChI is InChI=1S/C11H18/c1-9-6-7-10-4-2-3-5-11(10)8-9/h6-7,9-11H,2-5,8H2,1H3/t9-,10?,11?/m0/s1. The molecule has 2 rings (SSSR count). The van der Waals surface area contributed by atoms with E-state index in [1.54, 1.807) is 0 Å². The molecule has 3 atom stereocenters. The van der Waals surface area contributed by atoms with Crippen molar-refractivity contribution in [3.63, 3.8) is 0 Å². The van der Waals surface area contributed by atoms with Crippen LogP contribution >= 0.6 is 0 Å². The summed E-state index contributed by atoms with van der Waals surface area (Å²) in [4.78, 5) is 0. The van der Waals surface area contributed by atoms with Gasteiger partial charge < -0.3 is 0 Å². The number of hydrogen-bond acceptors (Lipinski definition) is 0. The largest absolute Gasteiger partial charge is 0.0854 e. The Morgan fingerprint density at radius 1 is 1.09 bits per heavy atom. The first kappa shape index (κ1) is 7.39. The highest BCUT2D eigenvalue weighted by molar-refractivity contribution is 5.01. The number of allylic oxidation sites excluding steroid dienone is 2. The molecule has 1 saturated carbocycles. The summed E-state index contributed by atoms with van der Waals surface area (Å²) in [6.07, 6.45) is 12.3. The molecule has 2 aliphatic rings. The van der Waals surface area contributed by atoms with E-state index in [1.165, 1.54) is 32.1 Å². The van der Waals surface area contributed by atoms with Crippen LogP contribution in [0.15, 0.2) is 12.2 Å². The normalized spacial score (nSPS) is 43.5. The summed E-state index contributed by atoms with van der Waals surface area (Å²) in [6, 6.07) is 0. The summed E-state index contributed by atoms with van der Waals surface area (Å²) in [5, 5.41) is 0. The Kier molecular flexibility index (Phi) is 2.02. The molecule has 1 fully saturated rings. The zero-order valence-corrected chi connectivity index (χ0v) is 7.42. The SMILES string of the molecule is C[C@H]1C=CC2CCCCC2C1. The van der Waals surface area contributed by atoms with E-state index < -0.39 is 0 Å². The molecule has 62 valence electrons. The lowest BCUT2D eigenvalue weighted by atomic mass is 9.72. The average molecular weight is 150 g/mol. The Hall–Kier alpha value is -0.260. The first-order valence-electron chi connectivity index (χ1n) is 5.04. The summed E-state index contributed by atoms with van der Waals surface area (Å²) in [5.74, 6) is 2.86. The Balaban J connectivity index is 2.05. The molecule has 0 N–H and O–H groups in total. The van der Waals surface area contributed by atoms with Gasteiger partial charge in [-0.1, -0.05) is 31.9 Å². The van der Waals surface area contributed by atoms with E-state index in [4.69, 9.17) is 0 Å². The fraction of sp³-hybridized carbons (Fsp3) is 0.818. The van der Waals surface area contributed by atoms with Gasteiger partial charge in [0.1, 0.15) is 0 Å². The van der Waals surface area contributed by atoms with Crippen LogP contribution < -0.4 is 0 Å². The van der Waals surface area contributed by atoms with Gasteiger partial charge >= 0.3 is 0 Å². The van der Waals surface area contributed by atoms with Crippen molar-refractivity contribution in [1.82, 2.24) is 0 Å². The highest BCUT2D eigenvalue weighted by Crippen LogP contribution is 2.38. The van der Waals surface area contributed by atoms with Crippen molar-refractivity contribution in [3.8, 4) is 0 Å². The molecule has 0 aromatic carbocycles. The van der Waals surface area contributed by atoms with Gasteiger partial charge in [-0.3, -0.25) is 0 Å². The van der Waals surface area contributed by atoms with E-state index in [0.29, 0.717) is 0 Å². The van der Waals surface area contributed by atoms with Gasteiger partial charge in [0.05, 0.1) is 0 Å². The summed E-state index contributed by atoms with van der Waals surface area (Å²) in [5.41, 5.74) is 0. The minimum atomic E-state index is 0.856. The number of hydrogen-bond donors (Lipinski definition) is 0. The zero-order valence-electron chi connectivity index (χ0n) is 7.42. The minimum Gasteiger partial charge on any atom is -0.0854 e. The maximum atomic E-state index is 2.48. The van der Waals surface area contributed by atoms with Gasteiger partial charge in [-0.25, -0.2) is 0 Å². The molecule has 0 aromatic rings. The van der Waals surface area contributed by atoms with Crippen molar-refractivity contribution < 1.29 is 0 Å². The highest BCUT2D eigenvalue weighted by atomic mass is 14.3. The second kappa shape index (κ2) is 3.00. The molecule has 0 heterocycles. The Morgan fingerprint density at radius 3 is 2.82 bits per heavy atom. The topological polar surface area (TPSA) is 0 Å². The smallest absolute Gasteiger partial charge is 0.0205 e. The highest BCUT2D eigenvalue weighted by Gasteiger charge is 2.26. The lowest BCUT2D eigenvalue weighted by molar-refractivity contribution is 0.236. The van der Waals surface area contributed by atoms with Crippen molar-refractivity contribution in [2.75, 3.05) is 0 Å². The summed E-state index contributed by atoms with van der Waals surface area (Å²) in [7, 11) is 0. The number of rotatable bonds is 0. The van der Waals surface area contributed by atoms with Crippen molar-refractivity contribution >= 4 is 0 Å². The molecule has 0 aromatic heterocycles. The molecular formula is C11H18. The Morgan fingerprint density at radius 2 is 1.91 bits per heavy atom. The van der Waals surface area contributed by atoms with E-state index in [-0.39, 0.29) is 0 Å². The second-order valence-electron chi connectivity index (χ2n) is 4.31. The molecule has 11 heavy (non-hydrogen) atoms. The lowest BCUT2D eigenvalue weighted by Crippen LogP contribution is -2.22. The van der Waals surface area contributed by atoms with Crippen molar-refractivity contribution in [2.45, 2.75) is 39.0 Å². The molecule has 0 heteroatoms. The van der Waals surface area contributed by atoms with Crippen LogP contribution in [0, 0.1) is 17.8 Å². The van der Waals surface area contributed by atoms with E-state index in [0.717, 1.165) is 17.8 Å². The van der Waals surface area contributed by atoms with Gasteiger partial charge in [0, 0.05) is 0 Å². The van der Waals surface area contributed by atoms with Crippen LogP contribution in [0.5, 0.6) is 0 Å². The molecule has 2 unspecified atom stereocenters. The monoisotopic (exact) mass is 150 g/mol. The third-order valence-electron chi connectivity index (χ3n) is 3.33. The van der Waals surface area contributed by atoms with Crippen LogP contribution in [-0.4, -0.2) is 0 Å². The zero-order chi connectivity index (χ0) is 7.68. The molecule has 0 saturated heterocycles. The third-order valence-corrected chi connectivity index (χ3v) is 3.33. The van der Waals surface area contributed by atoms with Crippen molar-refractivity contribution in [1.29, 1.82) is 0 Å². The summed E-state index contributed by atoms with van der Waals surface area (Å²) in [6.45, 7) is 2.35. The fourth-order valence-electron chi connectivity index (χ4n) is 2.67. The molecule has 0 nitrogen and oxygen atoms in total. The quantitative estimate of drug-likeness (QED) is 0.464. The molecular weight excluding hydrogens is 132 g/mol. The van der Waals surface area contributed by atoms with Crippen LogP contribution in [0.3, 0.4) is 0 Å². The van der Waals surface area contributed by atoms with E-state index in [9.17, 15) is 0 Å². The van der Waals surface area contributed by atoms with Crippen LogP contribution in [0.25, 0.3) is 0 Å². The molecule has 0 spiro atoms. The van der Waals surface area contributed by atoms with Crippen LogP contribution in [0.4, 0.5) is 0 Å². The van der Waals surface area contributed by atoms with Crippen LogP contribution in [-0.2, 0) is 0 Å². The molecule has 0 amide bonds. The average Bonchev–Trinajstić information content (AvgIpc) is 2.04. The maximum Gasteiger partial charge on any atom is -0.0205 e. The van der Waals surface area contributed by atoms with Crippen molar-refractivity contribution in [2.24, 2.45) is 17.8 Å². The van der Waals surface area contributed by atoms with Gasteiger partial charge in [-0.2, -0.15) is 0 Å². The Bertz CT molecular complexity index is 157. The van der Waals surface area contributed by atoms with Gasteiger partial charge in [0.2, 0.25) is 0 Å².